The molecular formula is C25H29N5O2. The zero-order valence-corrected chi connectivity index (χ0v) is 18.7. The summed E-state index contributed by atoms with van der Waals surface area (Å²) >= 11 is 0. The lowest BCUT2D eigenvalue weighted by molar-refractivity contribution is 0.0725. The first-order chi connectivity index (χ1) is 15.5. The maximum absolute atomic E-state index is 13.5. The summed E-state index contributed by atoms with van der Waals surface area (Å²) in [6.07, 6.45) is 7.13. The molecule has 2 aromatic heterocycles. The number of pyridine rings is 1. The lowest BCUT2D eigenvalue weighted by Crippen LogP contribution is -2.36. The topological polar surface area (TPSA) is 80.1 Å². The summed E-state index contributed by atoms with van der Waals surface area (Å²) in [5, 5.41) is 8.24. The molecule has 0 bridgehead atoms. The molecule has 3 heterocycles. The van der Waals surface area contributed by atoms with Gasteiger partial charge in [-0.15, -0.1) is 0 Å². The predicted octanol–water partition coefficient (Wildman–Crippen LogP) is 4.77. The minimum Gasteiger partial charge on any atom is -0.339 e. The molecule has 1 aliphatic carbocycles. The highest BCUT2D eigenvalue weighted by atomic mass is 16.2. The average molecular weight is 432 g/mol. The van der Waals surface area contributed by atoms with E-state index in [0.717, 1.165) is 61.9 Å². The van der Waals surface area contributed by atoms with Gasteiger partial charge in [0.25, 0.3) is 11.8 Å². The van der Waals surface area contributed by atoms with E-state index < -0.39 is 0 Å². The summed E-state index contributed by atoms with van der Waals surface area (Å²) in [5.74, 6) is 0.155. The van der Waals surface area contributed by atoms with E-state index in [9.17, 15) is 9.59 Å². The van der Waals surface area contributed by atoms with Gasteiger partial charge in [0.2, 0.25) is 0 Å². The van der Waals surface area contributed by atoms with Crippen molar-refractivity contribution in [3.63, 3.8) is 0 Å². The molecule has 2 fully saturated rings. The summed E-state index contributed by atoms with van der Waals surface area (Å²) in [4.78, 5) is 33.3. The van der Waals surface area contributed by atoms with Crippen molar-refractivity contribution in [2.24, 2.45) is 0 Å². The second-order valence-corrected chi connectivity index (χ2v) is 9.14. The van der Waals surface area contributed by atoms with Gasteiger partial charge in [0, 0.05) is 30.7 Å². The highest BCUT2D eigenvalue weighted by molar-refractivity contribution is 6.14. The maximum atomic E-state index is 13.5. The molecule has 1 saturated carbocycles. The van der Waals surface area contributed by atoms with Crippen molar-refractivity contribution in [1.82, 2.24) is 19.7 Å². The number of hydrogen-bond donors (Lipinski definition) is 1. The van der Waals surface area contributed by atoms with Crippen LogP contribution in [0.4, 0.5) is 5.69 Å². The Bertz CT molecular complexity index is 1170. The number of para-hydroxylation sites is 1. The molecule has 0 unspecified atom stereocenters. The lowest BCUT2D eigenvalue weighted by atomic mass is 10.1. The zero-order valence-electron chi connectivity index (χ0n) is 18.7. The molecule has 1 saturated heterocycles. The lowest BCUT2D eigenvalue weighted by Gasteiger charge is -2.27. The first-order valence-electron chi connectivity index (χ1n) is 11.6. The van der Waals surface area contributed by atoms with Crippen molar-refractivity contribution in [3.05, 3.63) is 53.3 Å². The Morgan fingerprint density at radius 2 is 1.81 bits per heavy atom. The number of aromatic nitrogens is 3. The number of carbonyl (C=O) groups excluding carboxylic acids is 2. The highest BCUT2D eigenvalue weighted by Gasteiger charge is 2.29. The van der Waals surface area contributed by atoms with Crippen LogP contribution in [0.5, 0.6) is 0 Å². The van der Waals surface area contributed by atoms with Gasteiger partial charge in [-0.3, -0.25) is 9.59 Å². The van der Waals surface area contributed by atoms with Crippen LogP contribution in [0, 0.1) is 0 Å². The fourth-order valence-electron chi connectivity index (χ4n) is 4.43. The van der Waals surface area contributed by atoms with Gasteiger partial charge in [0.15, 0.2) is 5.65 Å². The van der Waals surface area contributed by atoms with Gasteiger partial charge in [0.1, 0.15) is 0 Å². The summed E-state index contributed by atoms with van der Waals surface area (Å²) in [6, 6.07) is 9.32. The Labute approximate surface area is 187 Å². The van der Waals surface area contributed by atoms with E-state index in [1.54, 1.807) is 18.3 Å². The molecule has 1 aliphatic heterocycles. The van der Waals surface area contributed by atoms with Crippen molar-refractivity contribution in [3.8, 4) is 0 Å². The highest BCUT2D eigenvalue weighted by Crippen LogP contribution is 2.40. The molecular weight excluding hydrogens is 402 g/mol. The SMILES string of the molecule is CC(C)n1ncc2c(C(=O)Nc3ccccc3C(=O)N3CCCCC3)cc(C3CC3)nc21. The van der Waals surface area contributed by atoms with Gasteiger partial charge in [-0.05, 0) is 64.2 Å². The Morgan fingerprint density at radius 3 is 2.53 bits per heavy atom. The van der Waals surface area contributed by atoms with Crippen LogP contribution in [0.2, 0.25) is 0 Å². The Kier molecular flexibility index (Phi) is 5.41. The van der Waals surface area contributed by atoms with E-state index in [2.05, 4.69) is 24.3 Å². The van der Waals surface area contributed by atoms with Gasteiger partial charge in [-0.2, -0.15) is 5.10 Å². The minimum absolute atomic E-state index is 0.0215. The first kappa shape index (κ1) is 20.7. The number of benzene rings is 1. The molecule has 7 heteroatoms. The van der Waals surface area contributed by atoms with Crippen molar-refractivity contribution in [2.75, 3.05) is 18.4 Å². The summed E-state index contributed by atoms with van der Waals surface area (Å²) in [7, 11) is 0. The summed E-state index contributed by atoms with van der Waals surface area (Å²) in [6.45, 7) is 5.65. The van der Waals surface area contributed by atoms with Gasteiger partial charge < -0.3 is 10.2 Å². The van der Waals surface area contributed by atoms with Crippen LogP contribution in [0.15, 0.2) is 36.5 Å². The molecule has 1 N–H and O–H groups in total. The van der Waals surface area contributed by atoms with Crippen molar-refractivity contribution < 1.29 is 9.59 Å². The fraction of sp³-hybridized carbons (Fsp3) is 0.440. The molecule has 1 aromatic carbocycles. The summed E-state index contributed by atoms with van der Waals surface area (Å²) in [5.41, 5.74) is 3.33. The van der Waals surface area contributed by atoms with Gasteiger partial charge >= 0.3 is 0 Å². The maximum Gasteiger partial charge on any atom is 0.256 e. The predicted molar refractivity (Wildman–Crippen MR) is 124 cm³/mol. The van der Waals surface area contributed by atoms with Gasteiger partial charge in [-0.25, -0.2) is 9.67 Å². The van der Waals surface area contributed by atoms with Crippen molar-refractivity contribution in [1.29, 1.82) is 0 Å². The largest absolute Gasteiger partial charge is 0.339 e. The van der Waals surface area contributed by atoms with E-state index in [4.69, 9.17) is 4.98 Å². The fourth-order valence-corrected chi connectivity index (χ4v) is 4.43. The number of rotatable bonds is 5. The number of carbonyl (C=O) groups is 2. The van der Waals surface area contributed by atoms with Gasteiger partial charge in [0.05, 0.1) is 28.4 Å². The molecule has 0 spiro atoms. The average Bonchev–Trinajstić information content (AvgIpc) is 3.57. The van der Waals surface area contributed by atoms with Crippen LogP contribution in [0.25, 0.3) is 11.0 Å². The second kappa shape index (κ2) is 8.37. The third kappa shape index (κ3) is 3.87. The van der Waals surface area contributed by atoms with Crippen LogP contribution in [0.3, 0.4) is 0 Å². The van der Waals surface area contributed by atoms with Crippen LogP contribution in [-0.2, 0) is 0 Å². The molecule has 0 radical (unpaired) electrons. The molecule has 166 valence electrons. The zero-order chi connectivity index (χ0) is 22.2. The number of likely N-dealkylation sites (tertiary alicyclic amines) is 1. The first-order valence-corrected chi connectivity index (χ1v) is 11.6. The number of piperidine rings is 1. The molecule has 2 aliphatic rings. The van der Waals surface area contributed by atoms with E-state index in [1.165, 1.54) is 0 Å². The number of amides is 2. The molecule has 2 amide bonds. The number of nitrogens with one attached hydrogen (secondary N) is 1. The Morgan fingerprint density at radius 1 is 1.06 bits per heavy atom. The van der Waals surface area contributed by atoms with Gasteiger partial charge in [-0.1, -0.05) is 12.1 Å². The van der Waals surface area contributed by atoms with Crippen molar-refractivity contribution in [2.45, 2.75) is 57.9 Å². The number of nitrogens with zero attached hydrogens (tertiary/aromatic N) is 4. The molecule has 7 nitrogen and oxygen atoms in total. The van der Waals surface area contributed by atoms with E-state index in [0.29, 0.717) is 22.7 Å². The van der Waals surface area contributed by atoms with Crippen molar-refractivity contribution >= 4 is 28.5 Å². The van der Waals surface area contributed by atoms with E-state index in [1.807, 2.05) is 27.8 Å². The molecule has 3 aromatic rings. The van der Waals surface area contributed by atoms with E-state index in [-0.39, 0.29) is 17.9 Å². The number of anilines is 1. The normalized spacial score (nSPS) is 16.5. The Hall–Kier alpha value is -3.22. The second-order valence-electron chi connectivity index (χ2n) is 9.14. The molecule has 0 atom stereocenters. The minimum atomic E-state index is -0.235. The molecule has 5 rings (SSSR count). The smallest absolute Gasteiger partial charge is 0.256 e. The standard InChI is InChI=1S/C25H29N5O2/c1-16(2)30-23-20(15-26-30)19(14-22(27-23)17-10-11-17)24(31)28-21-9-5-4-8-18(21)25(32)29-12-6-3-7-13-29/h4-5,8-9,14-17H,3,6-7,10-13H2,1-2H3,(H,28,31). The van der Waals surface area contributed by atoms with E-state index >= 15 is 0 Å². The Balaban J connectivity index is 1.49. The van der Waals surface area contributed by atoms with Crippen LogP contribution < -0.4 is 5.32 Å². The summed E-state index contributed by atoms with van der Waals surface area (Å²) < 4.78 is 1.87. The number of hydrogen-bond acceptors (Lipinski definition) is 4. The molecule has 32 heavy (non-hydrogen) atoms. The third-order valence-electron chi connectivity index (χ3n) is 6.36. The quantitative estimate of drug-likeness (QED) is 0.631. The van der Waals surface area contributed by atoms with Crippen LogP contribution in [-0.4, -0.2) is 44.6 Å². The number of fused-ring (bicyclic) bond motifs is 1. The van der Waals surface area contributed by atoms with Crippen LogP contribution >= 0.6 is 0 Å². The van der Waals surface area contributed by atoms with Crippen LogP contribution in [0.1, 0.15) is 84.3 Å². The third-order valence-corrected chi connectivity index (χ3v) is 6.36. The monoisotopic (exact) mass is 431 g/mol.